The molecule has 1 N–H and O–H groups in total. The van der Waals surface area contributed by atoms with Crippen molar-refractivity contribution >= 4 is 11.9 Å². The van der Waals surface area contributed by atoms with Crippen molar-refractivity contribution in [1.29, 1.82) is 0 Å². The van der Waals surface area contributed by atoms with Crippen LogP contribution in [-0.4, -0.2) is 25.1 Å². The zero-order valence-corrected chi connectivity index (χ0v) is 15.3. The van der Waals surface area contributed by atoms with E-state index in [-0.39, 0.29) is 16.9 Å². The van der Waals surface area contributed by atoms with Gasteiger partial charge in [-0.2, -0.15) is 0 Å². The Hall–Kier alpha value is -2.75. The van der Waals surface area contributed by atoms with Crippen LogP contribution in [0.2, 0.25) is 0 Å². The van der Waals surface area contributed by atoms with Gasteiger partial charge in [-0.15, -0.1) is 0 Å². The molecule has 132 valence electrons. The van der Waals surface area contributed by atoms with Crippen molar-refractivity contribution < 1.29 is 19.4 Å². The van der Waals surface area contributed by atoms with Gasteiger partial charge in [0, 0.05) is 5.56 Å². The lowest BCUT2D eigenvalue weighted by Gasteiger charge is -2.18. The van der Waals surface area contributed by atoms with Crippen molar-refractivity contribution in [2.75, 3.05) is 14.2 Å². The van der Waals surface area contributed by atoms with E-state index in [9.17, 15) is 9.90 Å². The third kappa shape index (κ3) is 4.41. The van der Waals surface area contributed by atoms with Gasteiger partial charge in [-0.25, -0.2) is 0 Å². The molecule has 2 aromatic rings. The Morgan fingerprint density at radius 1 is 1.00 bits per heavy atom. The number of phenols is 1. The van der Waals surface area contributed by atoms with Crippen molar-refractivity contribution in [2.24, 2.45) is 0 Å². The number of ketones is 1. The molecule has 0 saturated heterocycles. The summed E-state index contributed by atoms with van der Waals surface area (Å²) in [5.74, 6) is 0.430. The number of ether oxygens (including phenoxy) is 2. The highest BCUT2D eigenvalue weighted by Crippen LogP contribution is 2.37. The minimum Gasteiger partial charge on any atom is -0.502 e. The Morgan fingerprint density at radius 3 is 1.96 bits per heavy atom. The predicted octanol–water partition coefficient (Wildman–Crippen LogP) is 4.60. The van der Waals surface area contributed by atoms with Crippen LogP contribution in [0.1, 0.15) is 42.3 Å². The molecule has 0 aliphatic carbocycles. The van der Waals surface area contributed by atoms with Crippen molar-refractivity contribution in [2.45, 2.75) is 26.2 Å². The quantitative estimate of drug-likeness (QED) is 0.638. The molecule has 4 nitrogen and oxygen atoms in total. The normalized spacial score (nSPS) is 11.6. The second-order valence-electron chi connectivity index (χ2n) is 6.80. The Bertz CT molecular complexity index is 756. The lowest BCUT2D eigenvalue weighted by molar-refractivity contribution is 0.104. The van der Waals surface area contributed by atoms with E-state index in [4.69, 9.17) is 9.47 Å². The van der Waals surface area contributed by atoms with Gasteiger partial charge in [0.05, 0.1) is 14.2 Å². The van der Waals surface area contributed by atoms with Crippen LogP contribution >= 0.6 is 0 Å². The predicted molar refractivity (Wildman–Crippen MR) is 99.7 cm³/mol. The van der Waals surface area contributed by atoms with Gasteiger partial charge in [-0.3, -0.25) is 4.79 Å². The fraction of sp³-hybridized carbons (Fsp3) is 0.286. The van der Waals surface area contributed by atoms with E-state index in [1.165, 1.54) is 25.9 Å². The number of aromatic hydroxyl groups is 1. The highest BCUT2D eigenvalue weighted by Gasteiger charge is 2.14. The lowest BCUT2D eigenvalue weighted by atomic mass is 9.86. The highest BCUT2D eigenvalue weighted by molar-refractivity contribution is 6.06. The molecule has 0 fully saturated rings. The summed E-state index contributed by atoms with van der Waals surface area (Å²) in [7, 11) is 2.92. The van der Waals surface area contributed by atoms with E-state index >= 15 is 0 Å². The molecule has 0 aliphatic rings. The molecule has 2 rings (SSSR count). The molecular formula is C21H24O4. The minimum absolute atomic E-state index is 0.0521. The van der Waals surface area contributed by atoms with Crippen LogP contribution in [0.5, 0.6) is 17.2 Å². The van der Waals surface area contributed by atoms with Gasteiger partial charge in [0.1, 0.15) is 0 Å². The molecular weight excluding hydrogens is 316 g/mol. The summed E-state index contributed by atoms with van der Waals surface area (Å²) < 4.78 is 10.2. The fourth-order valence-corrected chi connectivity index (χ4v) is 2.41. The minimum atomic E-state index is -0.0912. The summed E-state index contributed by atoms with van der Waals surface area (Å²) in [6.45, 7) is 6.40. The molecule has 25 heavy (non-hydrogen) atoms. The number of phenolic OH excluding ortho intramolecular Hbond substituents is 1. The van der Waals surface area contributed by atoms with Crippen LogP contribution in [0.4, 0.5) is 0 Å². The molecule has 0 amide bonds. The molecule has 0 aliphatic heterocycles. The van der Waals surface area contributed by atoms with Crippen LogP contribution in [0.15, 0.2) is 42.5 Å². The van der Waals surface area contributed by atoms with Crippen LogP contribution in [0.3, 0.4) is 0 Å². The van der Waals surface area contributed by atoms with E-state index in [1.807, 2.05) is 24.3 Å². The number of carbonyl (C=O) groups excluding carboxylic acids is 1. The number of methoxy groups -OCH3 is 2. The number of rotatable bonds is 5. The lowest BCUT2D eigenvalue weighted by Crippen LogP contribution is -2.11. The molecule has 0 spiro atoms. The van der Waals surface area contributed by atoms with Crippen molar-refractivity contribution in [3.63, 3.8) is 0 Å². The molecule has 0 bridgehead atoms. The van der Waals surface area contributed by atoms with E-state index < -0.39 is 0 Å². The molecule has 2 aromatic carbocycles. The van der Waals surface area contributed by atoms with Crippen molar-refractivity contribution in [3.05, 3.63) is 59.2 Å². The number of hydrogen-bond acceptors (Lipinski definition) is 4. The Balaban J connectivity index is 2.23. The van der Waals surface area contributed by atoms with Gasteiger partial charge in [0.15, 0.2) is 17.3 Å². The Kier molecular flexibility index (Phi) is 5.52. The molecule has 0 saturated carbocycles. The maximum Gasteiger partial charge on any atom is 0.200 e. The zero-order chi connectivity index (χ0) is 18.6. The summed E-state index contributed by atoms with van der Waals surface area (Å²) in [6, 6.07) is 10.9. The van der Waals surface area contributed by atoms with E-state index in [2.05, 4.69) is 20.8 Å². The maximum absolute atomic E-state index is 12.4. The summed E-state index contributed by atoms with van der Waals surface area (Å²) in [6.07, 6.45) is 3.17. The van der Waals surface area contributed by atoms with Gasteiger partial charge in [0.2, 0.25) is 5.75 Å². The summed E-state index contributed by atoms with van der Waals surface area (Å²) in [5, 5.41) is 9.92. The third-order valence-corrected chi connectivity index (χ3v) is 3.96. The first-order valence-corrected chi connectivity index (χ1v) is 8.04. The average Bonchev–Trinajstić information content (AvgIpc) is 2.59. The number of hydrogen-bond donors (Lipinski definition) is 1. The van der Waals surface area contributed by atoms with Gasteiger partial charge in [-0.1, -0.05) is 51.1 Å². The van der Waals surface area contributed by atoms with Gasteiger partial charge in [0.25, 0.3) is 0 Å². The van der Waals surface area contributed by atoms with Gasteiger partial charge >= 0.3 is 0 Å². The second-order valence-corrected chi connectivity index (χ2v) is 6.80. The summed E-state index contributed by atoms with van der Waals surface area (Å²) in [4.78, 5) is 12.4. The Labute approximate surface area is 148 Å². The molecule has 0 radical (unpaired) electrons. The van der Waals surface area contributed by atoms with Crippen molar-refractivity contribution in [3.8, 4) is 17.2 Å². The second kappa shape index (κ2) is 7.43. The van der Waals surface area contributed by atoms with E-state index in [0.29, 0.717) is 22.6 Å². The summed E-state index contributed by atoms with van der Waals surface area (Å²) in [5.41, 5.74) is 2.56. The number of carbonyl (C=O) groups is 1. The molecule has 0 heterocycles. The average molecular weight is 340 g/mol. The number of benzene rings is 2. The van der Waals surface area contributed by atoms with E-state index in [0.717, 1.165) is 0 Å². The Morgan fingerprint density at radius 2 is 1.52 bits per heavy atom. The monoisotopic (exact) mass is 340 g/mol. The molecule has 0 atom stereocenters. The van der Waals surface area contributed by atoms with Crippen molar-refractivity contribution in [1.82, 2.24) is 0 Å². The number of allylic oxidation sites excluding steroid dienone is 1. The van der Waals surface area contributed by atoms with E-state index in [1.54, 1.807) is 18.2 Å². The molecule has 0 unspecified atom stereocenters. The molecule has 4 heteroatoms. The van der Waals surface area contributed by atoms with Crippen LogP contribution in [0, 0.1) is 0 Å². The van der Waals surface area contributed by atoms with Crippen LogP contribution in [0.25, 0.3) is 6.08 Å². The first-order valence-electron chi connectivity index (χ1n) is 8.04. The van der Waals surface area contributed by atoms with Crippen LogP contribution in [-0.2, 0) is 5.41 Å². The van der Waals surface area contributed by atoms with Gasteiger partial charge < -0.3 is 14.6 Å². The van der Waals surface area contributed by atoms with Crippen LogP contribution < -0.4 is 9.47 Å². The maximum atomic E-state index is 12.4. The highest BCUT2D eigenvalue weighted by atomic mass is 16.5. The summed E-state index contributed by atoms with van der Waals surface area (Å²) >= 11 is 0. The third-order valence-electron chi connectivity index (χ3n) is 3.96. The largest absolute Gasteiger partial charge is 0.502 e. The standard InChI is InChI=1S/C21H24O4/c1-21(2,3)16-9-7-15(8-10-16)17(22)11-6-14-12-18(24-4)20(23)19(13-14)25-5/h6-13,23H,1-5H3/b11-6+. The SMILES string of the molecule is COc1cc(/C=C/C(=O)c2ccc(C(C)(C)C)cc2)cc(OC)c1O. The zero-order valence-electron chi connectivity index (χ0n) is 15.3. The first kappa shape index (κ1) is 18.6. The first-order chi connectivity index (χ1) is 11.8. The smallest absolute Gasteiger partial charge is 0.200 e. The van der Waals surface area contributed by atoms with Gasteiger partial charge in [-0.05, 0) is 34.8 Å². The molecule has 0 aromatic heterocycles. The topological polar surface area (TPSA) is 55.8 Å². The fourth-order valence-electron chi connectivity index (χ4n) is 2.41.